The van der Waals surface area contributed by atoms with Crippen LogP contribution in [-0.2, 0) is 19.1 Å². The van der Waals surface area contributed by atoms with Crippen molar-refractivity contribution in [2.75, 3.05) is 39.6 Å². The van der Waals surface area contributed by atoms with Gasteiger partial charge in [-0.15, -0.1) is 0 Å². The molecule has 4 rings (SSSR count). The monoisotopic (exact) mass is 648 g/mol. The van der Waals surface area contributed by atoms with Gasteiger partial charge in [0.15, 0.2) is 0 Å². The summed E-state index contributed by atoms with van der Waals surface area (Å²) in [5.41, 5.74) is 3.27. The molecule has 2 saturated carbocycles. The Morgan fingerprint density at radius 1 is 0.723 bits per heavy atom. The molecule has 2 aromatic rings. The number of aliphatic hydroxyl groups is 2. The van der Waals surface area contributed by atoms with Gasteiger partial charge < -0.3 is 29.2 Å². The Labute approximate surface area is 279 Å². The summed E-state index contributed by atoms with van der Waals surface area (Å²) in [6.45, 7) is 8.45. The highest BCUT2D eigenvalue weighted by Crippen LogP contribution is 2.48. The van der Waals surface area contributed by atoms with Crippen molar-refractivity contribution >= 4 is 11.9 Å². The second kappa shape index (κ2) is 18.6. The number of hydrogen-bond donors (Lipinski definition) is 2. The van der Waals surface area contributed by atoms with Crippen LogP contribution in [0.25, 0.3) is 11.1 Å². The molecule has 2 aromatic carbocycles. The van der Waals surface area contributed by atoms with Crippen LogP contribution in [0.15, 0.2) is 66.8 Å². The minimum absolute atomic E-state index is 0.0135. The van der Waals surface area contributed by atoms with Crippen molar-refractivity contribution in [3.63, 3.8) is 0 Å². The third kappa shape index (κ3) is 11.0. The van der Waals surface area contributed by atoms with E-state index in [0.717, 1.165) is 28.9 Å². The minimum Gasteiger partial charge on any atom is -0.490 e. The number of aliphatic hydroxyl groups excluding tert-OH is 2. The lowest BCUT2D eigenvalue weighted by Gasteiger charge is -2.42. The molecule has 4 unspecified atom stereocenters. The van der Waals surface area contributed by atoms with E-state index in [1.807, 2.05) is 12.1 Å². The average Bonchev–Trinajstić information content (AvgIpc) is 3.10. The van der Waals surface area contributed by atoms with Gasteiger partial charge in [-0.2, -0.15) is 0 Å². The fourth-order valence-corrected chi connectivity index (χ4v) is 7.01. The first kappa shape index (κ1) is 36.2. The summed E-state index contributed by atoms with van der Waals surface area (Å²) in [5.74, 6) is 3.00. The second-order valence-electron chi connectivity index (χ2n) is 13.0. The van der Waals surface area contributed by atoms with Crippen molar-refractivity contribution in [3.05, 3.63) is 72.3 Å². The summed E-state index contributed by atoms with van der Waals surface area (Å²) in [5, 5.41) is 18.1. The van der Waals surface area contributed by atoms with E-state index in [2.05, 4.69) is 44.3 Å². The van der Waals surface area contributed by atoms with Gasteiger partial charge in [-0.25, -0.2) is 9.59 Å². The third-order valence-corrected chi connectivity index (χ3v) is 9.66. The second-order valence-corrected chi connectivity index (χ2v) is 13.0. The maximum Gasteiger partial charge on any atom is 0.335 e. The van der Waals surface area contributed by atoms with Crippen molar-refractivity contribution < 1.29 is 38.7 Å². The smallest absolute Gasteiger partial charge is 0.335 e. The summed E-state index contributed by atoms with van der Waals surface area (Å²) in [7, 11) is 0. The number of hydrogen-bond acceptors (Lipinski definition) is 8. The van der Waals surface area contributed by atoms with Crippen LogP contribution in [0.2, 0.25) is 0 Å². The lowest BCUT2D eigenvalue weighted by Crippen LogP contribution is -2.30. The van der Waals surface area contributed by atoms with Gasteiger partial charge in [0.2, 0.25) is 0 Å². The molecule has 0 spiro atoms. The van der Waals surface area contributed by atoms with Gasteiger partial charge in [0, 0.05) is 6.07 Å². The summed E-state index contributed by atoms with van der Waals surface area (Å²) in [6, 6.07) is 14.4. The van der Waals surface area contributed by atoms with E-state index in [9.17, 15) is 9.59 Å². The van der Waals surface area contributed by atoms with Crippen molar-refractivity contribution in [1.29, 1.82) is 0 Å². The van der Waals surface area contributed by atoms with Crippen molar-refractivity contribution in [2.45, 2.75) is 77.0 Å². The summed E-state index contributed by atoms with van der Waals surface area (Å²) in [6.07, 6.45) is 13.6. The molecule has 0 aromatic heterocycles. The Kier molecular flexibility index (Phi) is 14.4. The zero-order valence-electron chi connectivity index (χ0n) is 27.9. The number of unbranched alkanes of at least 4 members (excludes halogenated alkanes) is 2. The summed E-state index contributed by atoms with van der Waals surface area (Å²) in [4.78, 5) is 23.6. The third-order valence-electron chi connectivity index (χ3n) is 9.66. The Bertz CT molecular complexity index is 1280. The predicted octanol–water partition coefficient (Wildman–Crippen LogP) is 7.17. The highest BCUT2D eigenvalue weighted by Gasteiger charge is 2.35. The van der Waals surface area contributed by atoms with E-state index < -0.39 is 25.2 Å². The molecule has 8 heteroatoms. The molecular formula is C39H52O8. The number of benzene rings is 2. The van der Waals surface area contributed by atoms with Crippen LogP contribution in [0.3, 0.4) is 0 Å². The van der Waals surface area contributed by atoms with Gasteiger partial charge >= 0.3 is 11.9 Å². The molecule has 0 radical (unpaired) electrons. The van der Waals surface area contributed by atoms with Gasteiger partial charge in [0.25, 0.3) is 0 Å². The van der Waals surface area contributed by atoms with Gasteiger partial charge in [0.1, 0.15) is 37.9 Å². The van der Waals surface area contributed by atoms with Crippen molar-refractivity contribution in [3.8, 4) is 22.6 Å². The molecule has 2 N–H and O–H groups in total. The first-order valence-electron chi connectivity index (χ1n) is 17.2. The highest BCUT2D eigenvalue weighted by atomic mass is 16.6. The summed E-state index contributed by atoms with van der Waals surface area (Å²) < 4.78 is 22.0. The number of ether oxygens (including phenoxy) is 4. The Balaban J connectivity index is 1.38. The molecule has 8 nitrogen and oxygen atoms in total. The normalized spacial score (nSPS) is 20.5. The highest BCUT2D eigenvalue weighted by molar-refractivity contribution is 5.88. The van der Waals surface area contributed by atoms with Crippen LogP contribution in [0.5, 0.6) is 11.5 Å². The maximum absolute atomic E-state index is 11.8. The molecule has 0 aliphatic heterocycles. The first-order chi connectivity index (χ1) is 22.8. The number of carbonyl (C=O) groups excluding carboxylic acids is 2. The lowest BCUT2D eigenvalue weighted by molar-refractivity contribution is -0.141. The molecule has 0 bridgehead atoms. The molecule has 2 fully saturated rings. The minimum atomic E-state index is -0.670. The van der Waals surface area contributed by atoms with Gasteiger partial charge in [-0.3, -0.25) is 0 Å². The molecule has 4 atom stereocenters. The average molecular weight is 649 g/mol. The van der Waals surface area contributed by atoms with Crippen LogP contribution in [0, 0.1) is 17.8 Å². The van der Waals surface area contributed by atoms with Gasteiger partial charge in [0.05, 0.1) is 24.4 Å². The zero-order valence-corrected chi connectivity index (χ0v) is 27.9. The maximum atomic E-state index is 11.8. The van der Waals surface area contributed by atoms with E-state index >= 15 is 0 Å². The molecule has 2 aliphatic rings. The fourth-order valence-electron chi connectivity index (χ4n) is 7.01. The largest absolute Gasteiger partial charge is 0.490 e. The van der Waals surface area contributed by atoms with Gasteiger partial charge in [-0.05, 0) is 84.6 Å². The number of rotatable bonds is 18. The number of carbonyl (C=O) groups is 2. The fraction of sp³-hybridized carbons (Fsp3) is 0.538. The molecule has 0 saturated heterocycles. The number of fused-ring (bicyclic) bond motifs is 1. The van der Waals surface area contributed by atoms with Crippen LogP contribution in [0.4, 0.5) is 0 Å². The van der Waals surface area contributed by atoms with E-state index in [0.29, 0.717) is 17.4 Å². The van der Waals surface area contributed by atoms with Gasteiger partial charge in [-0.1, -0.05) is 76.5 Å². The van der Waals surface area contributed by atoms with E-state index in [1.165, 1.54) is 69.8 Å². The number of esters is 2. The molecule has 2 aliphatic carbocycles. The molecular weight excluding hydrogens is 596 g/mol. The van der Waals surface area contributed by atoms with Crippen molar-refractivity contribution in [1.82, 2.24) is 0 Å². The SMILES string of the molecule is C=C(CO)C(=O)OCCOc1cc(OCCOC(=O)C(=C)CO)cc(-c2ccc(C3CCC4CC(CCCCC)CCC4C3)cc2)c1. The van der Waals surface area contributed by atoms with E-state index in [1.54, 1.807) is 6.07 Å². The molecule has 0 heterocycles. The lowest BCUT2D eigenvalue weighted by atomic mass is 9.63. The van der Waals surface area contributed by atoms with E-state index in [-0.39, 0.29) is 37.6 Å². The Morgan fingerprint density at radius 3 is 1.87 bits per heavy atom. The van der Waals surface area contributed by atoms with Crippen LogP contribution >= 0.6 is 0 Å². The molecule has 256 valence electrons. The zero-order chi connectivity index (χ0) is 33.6. The van der Waals surface area contributed by atoms with Crippen LogP contribution < -0.4 is 9.47 Å². The van der Waals surface area contributed by atoms with E-state index in [4.69, 9.17) is 29.2 Å². The molecule has 47 heavy (non-hydrogen) atoms. The Hall–Kier alpha value is -3.62. The summed E-state index contributed by atoms with van der Waals surface area (Å²) >= 11 is 0. The predicted molar refractivity (Wildman–Crippen MR) is 182 cm³/mol. The van der Waals surface area contributed by atoms with Crippen molar-refractivity contribution in [2.24, 2.45) is 17.8 Å². The quantitative estimate of drug-likeness (QED) is 0.0994. The molecule has 0 amide bonds. The standard InChI is InChI=1S/C39H52O8/c1-4-5-6-7-29-8-9-34-21-33(15-14-32(34)20-29)30-10-12-31(13-11-30)35-22-36(44-16-18-46-38(42)27(2)25-40)24-37(23-35)45-17-19-47-39(43)28(3)26-41/h10-13,22-24,29,32-34,40-41H,2-9,14-21,25-26H2,1H3. The van der Waals surface area contributed by atoms with Crippen LogP contribution in [-0.4, -0.2) is 61.8 Å². The Morgan fingerprint density at radius 2 is 1.30 bits per heavy atom. The van der Waals surface area contributed by atoms with Crippen LogP contribution in [0.1, 0.15) is 82.6 Å². The topological polar surface area (TPSA) is 112 Å². The first-order valence-corrected chi connectivity index (χ1v) is 17.2.